The summed E-state index contributed by atoms with van der Waals surface area (Å²) in [6.45, 7) is 4.37. The minimum absolute atomic E-state index is 0.192. The van der Waals surface area contributed by atoms with Gasteiger partial charge in [-0.2, -0.15) is 0 Å². The number of carbonyl (C=O) groups excluding carboxylic acids is 2. The maximum atomic E-state index is 11.7. The van der Waals surface area contributed by atoms with Crippen molar-refractivity contribution in [1.29, 1.82) is 0 Å². The standard InChI is InChI=1S/C17H24O7/c1-4-6-8-13(5-2)12-21-17(19)23-24-22-16(18)14-9-7-10-15(11-14)20-3/h7,9-11,13H,4-6,8,12H2,1-3H3. The lowest BCUT2D eigenvalue weighted by atomic mass is 10.0. The first-order chi connectivity index (χ1) is 11.6. The van der Waals surface area contributed by atoms with Crippen LogP contribution in [0.1, 0.15) is 49.9 Å². The molecule has 0 saturated carbocycles. The molecule has 134 valence electrons. The molecule has 0 radical (unpaired) electrons. The Morgan fingerprint density at radius 3 is 2.62 bits per heavy atom. The number of hydrogen-bond acceptors (Lipinski definition) is 7. The lowest BCUT2D eigenvalue weighted by Crippen LogP contribution is -2.16. The van der Waals surface area contributed by atoms with Gasteiger partial charge in [0.25, 0.3) is 0 Å². The molecule has 0 aliphatic carbocycles. The normalized spacial score (nSPS) is 11.5. The number of methoxy groups -OCH3 is 1. The lowest BCUT2D eigenvalue weighted by Gasteiger charge is -2.13. The summed E-state index contributed by atoms with van der Waals surface area (Å²) in [5.41, 5.74) is 0.192. The van der Waals surface area contributed by atoms with Crippen molar-refractivity contribution in [1.82, 2.24) is 0 Å². The molecule has 0 fully saturated rings. The van der Waals surface area contributed by atoms with Crippen LogP contribution in [0.5, 0.6) is 5.75 Å². The van der Waals surface area contributed by atoms with Crippen molar-refractivity contribution in [2.75, 3.05) is 13.7 Å². The van der Waals surface area contributed by atoms with Crippen LogP contribution in [0.25, 0.3) is 0 Å². The summed E-state index contributed by atoms with van der Waals surface area (Å²) in [6.07, 6.45) is 2.99. The van der Waals surface area contributed by atoms with Gasteiger partial charge >= 0.3 is 12.1 Å². The number of rotatable bonds is 10. The predicted octanol–water partition coefficient (Wildman–Crippen LogP) is 4.07. The van der Waals surface area contributed by atoms with E-state index in [9.17, 15) is 9.59 Å². The molecular weight excluding hydrogens is 316 g/mol. The second-order valence-electron chi connectivity index (χ2n) is 5.23. The highest BCUT2D eigenvalue weighted by Gasteiger charge is 2.14. The van der Waals surface area contributed by atoms with Crippen LogP contribution in [0, 0.1) is 5.92 Å². The monoisotopic (exact) mass is 340 g/mol. The Labute approximate surface area is 141 Å². The fourth-order valence-corrected chi connectivity index (χ4v) is 1.98. The van der Waals surface area contributed by atoms with Crippen LogP contribution in [0.4, 0.5) is 4.79 Å². The van der Waals surface area contributed by atoms with Gasteiger partial charge in [-0.1, -0.05) is 39.2 Å². The van der Waals surface area contributed by atoms with Crippen LogP contribution in [0.2, 0.25) is 0 Å². The van der Waals surface area contributed by atoms with E-state index in [1.54, 1.807) is 12.1 Å². The third-order valence-electron chi connectivity index (χ3n) is 3.50. The molecule has 0 aliphatic rings. The highest BCUT2D eigenvalue weighted by molar-refractivity contribution is 5.89. The average Bonchev–Trinajstić information content (AvgIpc) is 2.61. The molecule has 1 rings (SSSR count). The SMILES string of the molecule is CCCCC(CC)COC(=O)OOOC(=O)c1cccc(OC)c1. The maximum Gasteiger partial charge on any atom is 0.543 e. The first-order valence-electron chi connectivity index (χ1n) is 7.97. The Morgan fingerprint density at radius 2 is 1.96 bits per heavy atom. The molecule has 1 unspecified atom stereocenters. The minimum atomic E-state index is -1.05. The van der Waals surface area contributed by atoms with E-state index in [0.717, 1.165) is 25.7 Å². The second kappa shape index (κ2) is 11.3. The van der Waals surface area contributed by atoms with Crippen LogP contribution in [0.15, 0.2) is 24.3 Å². The summed E-state index contributed by atoms with van der Waals surface area (Å²) in [5.74, 6) is -0.0598. The number of hydrogen-bond donors (Lipinski definition) is 0. The summed E-state index contributed by atoms with van der Waals surface area (Å²) in [4.78, 5) is 31.7. The molecular formula is C17H24O7. The van der Waals surface area contributed by atoms with Crippen molar-refractivity contribution in [2.24, 2.45) is 5.92 Å². The Morgan fingerprint density at radius 1 is 1.17 bits per heavy atom. The van der Waals surface area contributed by atoms with Gasteiger partial charge in [0, 0.05) is 0 Å². The van der Waals surface area contributed by atoms with E-state index in [4.69, 9.17) is 9.47 Å². The molecule has 0 amide bonds. The zero-order chi connectivity index (χ0) is 17.8. The van der Waals surface area contributed by atoms with Crippen LogP contribution in [-0.4, -0.2) is 25.8 Å². The molecule has 0 saturated heterocycles. The topological polar surface area (TPSA) is 80.3 Å². The quantitative estimate of drug-likeness (QED) is 0.361. The third kappa shape index (κ3) is 7.32. The Bertz CT molecular complexity index is 515. The number of unbranched alkanes of at least 4 members (excludes halogenated alkanes) is 1. The Balaban J connectivity index is 2.28. The summed E-state index contributed by atoms with van der Waals surface area (Å²) < 4.78 is 9.91. The fourth-order valence-electron chi connectivity index (χ4n) is 1.98. The average molecular weight is 340 g/mol. The van der Waals surface area contributed by atoms with E-state index in [0.29, 0.717) is 5.75 Å². The van der Waals surface area contributed by atoms with Gasteiger partial charge in [-0.05, 0) is 30.5 Å². The molecule has 24 heavy (non-hydrogen) atoms. The summed E-state index contributed by atoms with van der Waals surface area (Å²) in [5, 5.41) is 4.17. The third-order valence-corrected chi connectivity index (χ3v) is 3.50. The molecule has 1 aromatic rings. The van der Waals surface area contributed by atoms with Crippen molar-refractivity contribution < 1.29 is 33.9 Å². The van der Waals surface area contributed by atoms with E-state index in [-0.39, 0.29) is 18.1 Å². The van der Waals surface area contributed by atoms with Crippen molar-refractivity contribution in [3.63, 3.8) is 0 Å². The number of carbonyl (C=O) groups is 2. The van der Waals surface area contributed by atoms with E-state index in [2.05, 4.69) is 21.7 Å². The molecule has 1 aromatic carbocycles. The first kappa shape index (κ1) is 19.8. The predicted molar refractivity (Wildman–Crippen MR) is 85.2 cm³/mol. The van der Waals surface area contributed by atoms with Crippen LogP contribution in [-0.2, 0) is 19.6 Å². The fraction of sp³-hybridized carbons (Fsp3) is 0.529. The van der Waals surface area contributed by atoms with E-state index in [1.165, 1.54) is 19.2 Å². The van der Waals surface area contributed by atoms with Crippen molar-refractivity contribution in [2.45, 2.75) is 39.5 Å². The smallest absolute Gasteiger partial charge is 0.497 e. The van der Waals surface area contributed by atoms with E-state index >= 15 is 0 Å². The lowest BCUT2D eigenvalue weighted by molar-refractivity contribution is -0.452. The maximum absolute atomic E-state index is 11.7. The first-order valence-corrected chi connectivity index (χ1v) is 7.97. The van der Waals surface area contributed by atoms with Crippen LogP contribution in [0.3, 0.4) is 0 Å². The zero-order valence-corrected chi connectivity index (χ0v) is 14.3. The summed E-state index contributed by atoms with van der Waals surface area (Å²) in [7, 11) is 1.48. The van der Waals surface area contributed by atoms with Gasteiger partial charge in [0.1, 0.15) is 5.75 Å². The summed E-state index contributed by atoms with van der Waals surface area (Å²) >= 11 is 0. The second-order valence-corrected chi connectivity index (χ2v) is 5.23. The van der Waals surface area contributed by atoms with Crippen molar-refractivity contribution >= 4 is 12.1 Å². The summed E-state index contributed by atoms with van der Waals surface area (Å²) in [6, 6.07) is 6.26. The highest BCUT2D eigenvalue weighted by Crippen LogP contribution is 2.14. The molecule has 1 atom stereocenters. The molecule has 7 heteroatoms. The number of ether oxygens (including phenoxy) is 2. The molecule has 0 N–H and O–H groups in total. The minimum Gasteiger partial charge on any atom is -0.497 e. The van der Waals surface area contributed by atoms with E-state index in [1.807, 2.05) is 6.92 Å². The van der Waals surface area contributed by atoms with Gasteiger partial charge in [-0.15, -0.1) is 0 Å². The van der Waals surface area contributed by atoms with Crippen molar-refractivity contribution in [3.8, 4) is 5.75 Å². The van der Waals surface area contributed by atoms with Gasteiger partial charge in [0.05, 0.1) is 24.3 Å². The van der Waals surface area contributed by atoms with Crippen molar-refractivity contribution in [3.05, 3.63) is 29.8 Å². The van der Waals surface area contributed by atoms with Gasteiger partial charge in [0.15, 0.2) is 0 Å². The van der Waals surface area contributed by atoms with Gasteiger partial charge in [-0.25, -0.2) is 14.5 Å². The van der Waals surface area contributed by atoms with Gasteiger partial charge in [0.2, 0.25) is 0 Å². The molecule has 0 heterocycles. The van der Waals surface area contributed by atoms with Crippen LogP contribution < -0.4 is 4.74 Å². The van der Waals surface area contributed by atoms with E-state index < -0.39 is 12.1 Å². The number of benzene rings is 1. The Hall–Kier alpha value is -2.28. The Kier molecular flexibility index (Phi) is 9.29. The molecule has 7 nitrogen and oxygen atoms in total. The largest absolute Gasteiger partial charge is 0.543 e. The molecule has 0 spiro atoms. The van der Waals surface area contributed by atoms with Crippen LogP contribution >= 0.6 is 0 Å². The van der Waals surface area contributed by atoms with Gasteiger partial charge < -0.3 is 9.47 Å². The molecule has 0 bridgehead atoms. The van der Waals surface area contributed by atoms with Gasteiger partial charge in [-0.3, -0.25) is 4.89 Å². The molecule has 0 aliphatic heterocycles. The molecule has 0 aromatic heterocycles. The highest BCUT2D eigenvalue weighted by atomic mass is 17.5. The zero-order valence-electron chi connectivity index (χ0n) is 14.3.